The van der Waals surface area contributed by atoms with Gasteiger partial charge in [0.1, 0.15) is 0 Å². The molecule has 4 rings (SSSR count). The average molecular weight is 568 g/mol. The molecule has 0 spiro atoms. The van der Waals surface area contributed by atoms with Crippen LogP contribution in [0, 0.1) is 5.92 Å². The van der Waals surface area contributed by atoms with Crippen molar-refractivity contribution < 1.29 is 14.3 Å². The van der Waals surface area contributed by atoms with E-state index in [1.54, 1.807) is 61.6 Å². The lowest BCUT2D eigenvalue weighted by atomic mass is 9.92. The van der Waals surface area contributed by atoms with Gasteiger partial charge in [-0.25, -0.2) is 9.36 Å². The van der Waals surface area contributed by atoms with Crippen molar-refractivity contribution in [2.24, 2.45) is 13.0 Å². The van der Waals surface area contributed by atoms with Gasteiger partial charge in [-0.1, -0.05) is 41.4 Å². The maximum atomic E-state index is 13.4. The summed E-state index contributed by atoms with van der Waals surface area (Å²) in [4.78, 5) is 53.9. The van der Waals surface area contributed by atoms with Crippen LogP contribution >= 0.6 is 23.2 Å². The molecule has 0 saturated carbocycles. The van der Waals surface area contributed by atoms with Crippen LogP contribution in [0.1, 0.15) is 22.3 Å². The first-order chi connectivity index (χ1) is 18.5. The number of carbonyl (C=O) groups is 2. The number of rotatable bonds is 8. The molecule has 0 aliphatic rings. The Morgan fingerprint density at radius 2 is 1.62 bits per heavy atom. The molecule has 0 radical (unpaired) electrons. The Labute approximate surface area is 234 Å². The van der Waals surface area contributed by atoms with Crippen molar-refractivity contribution in [2.75, 3.05) is 26.1 Å². The van der Waals surface area contributed by atoms with Crippen LogP contribution in [0.3, 0.4) is 0 Å². The second-order valence-corrected chi connectivity index (χ2v) is 10.2. The first-order valence-electron chi connectivity index (χ1n) is 12.1. The van der Waals surface area contributed by atoms with Crippen LogP contribution in [0.25, 0.3) is 16.6 Å². The van der Waals surface area contributed by atoms with Gasteiger partial charge in [-0.2, -0.15) is 0 Å². The van der Waals surface area contributed by atoms with E-state index in [0.717, 1.165) is 10.3 Å². The molecule has 8 nitrogen and oxygen atoms in total. The fourth-order valence-electron chi connectivity index (χ4n) is 4.52. The molecule has 0 saturated heterocycles. The number of aromatic nitrogens is 2. The van der Waals surface area contributed by atoms with Gasteiger partial charge in [-0.15, -0.1) is 0 Å². The molecule has 3 aromatic carbocycles. The van der Waals surface area contributed by atoms with Gasteiger partial charge in [-0.3, -0.25) is 19.0 Å². The Balaban J connectivity index is 1.66. The van der Waals surface area contributed by atoms with Gasteiger partial charge in [-0.05, 0) is 54.4 Å². The molecule has 1 aromatic heterocycles. The van der Waals surface area contributed by atoms with Crippen LogP contribution in [0.2, 0.25) is 10.0 Å². The van der Waals surface area contributed by atoms with Crippen LogP contribution in [0.15, 0.2) is 70.3 Å². The van der Waals surface area contributed by atoms with Crippen LogP contribution in [-0.4, -0.2) is 42.1 Å². The monoisotopic (exact) mass is 567 g/mol. The zero-order valence-electron chi connectivity index (χ0n) is 21.9. The van der Waals surface area contributed by atoms with Crippen molar-refractivity contribution >= 4 is 51.5 Å². The summed E-state index contributed by atoms with van der Waals surface area (Å²) in [6.07, 6.45) is 0.0361. The van der Waals surface area contributed by atoms with E-state index in [9.17, 15) is 19.2 Å². The zero-order valence-corrected chi connectivity index (χ0v) is 23.4. The van der Waals surface area contributed by atoms with Crippen LogP contribution in [0.5, 0.6) is 0 Å². The predicted molar refractivity (Wildman–Crippen MR) is 154 cm³/mol. The minimum Gasteiger partial charge on any atom is -0.469 e. The molecule has 0 aliphatic heterocycles. The number of benzene rings is 3. The number of hydrogen-bond donors (Lipinski definition) is 0. The molecular formula is C29H27Cl2N3O5. The summed E-state index contributed by atoms with van der Waals surface area (Å²) in [6.45, 7) is 0. The second kappa shape index (κ2) is 11.5. The lowest BCUT2D eigenvalue weighted by Gasteiger charge is -2.16. The molecule has 202 valence electrons. The fourth-order valence-corrected chi connectivity index (χ4v) is 5.12. The van der Waals surface area contributed by atoms with Gasteiger partial charge in [0.05, 0.1) is 45.2 Å². The maximum Gasteiger partial charge on any atom is 0.335 e. The lowest BCUT2D eigenvalue weighted by Crippen LogP contribution is -2.38. The van der Waals surface area contributed by atoms with E-state index in [4.69, 9.17) is 27.9 Å². The minimum absolute atomic E-state index is 0.156. The molecule has 0 N–H and O–H groups in total. The zero-order chi connectivity index (χ0) is 28.4. The highest BCUT2D eigenvalue weighted by Crippen LogP contribution is 2.28. The van der Waals surface area contributed by atoms with E-state index in [1.165, 1.54) is 11.7 Å². The average Bonchev–Trinajstić information content (AvgIpc) is 2.91. The standard InChI is InChI=1S/C29H27Cl2N3O5/c1-32(2)20-12-13-24-21(16-20)27(36)34(29(38)33(24)3)19-10-8-17(9-11-19)14-18(28(37)39-4)15-25(35)26-22(30)6-5-7-23(26)31/h5-13,16,18H,14-15H2,1-4H3/t18-/m1/s1. The third kappa shape index (κ3) is 5.62. The lowest BCUT2D eigenvalue weighted by molar-refractivity contribution is -0.145. The first kappa shape index (κ1) is 28.1. The number of ether oxygens (including phenoxy) is 1. The highest BCUT2D eigenvalue weighted by atomic mass is 35.5. The molecule has 0 bridgehead atoms. The fraction of sp³-hybridized carbons (Fsp3) is 0.241. The number of ketones is 1. The van der Waals surface area contributed by atoms with Gasteiger partial charge in [0.25, 0.3) is 5.56 Å². The third-order valence-electron chi connectivity index (χ3n) is 6.65. The largest absolute Gasteiger partial charge is 0.469 e. The molecule has 1 atom stereocenters. The topological polar surface area (TPSA) is 90.6 Å². The van der Waals surface area contributed by atoms with Gasteiger partial charge in [0.15, 0.2) is 5.78 Å². The molecule has 0 aliphatic carbocycles. The van der Waals surface area contributed by atoms with Crippen molar-refractivity contribution in [3.8, 4) is 5.69 Å². The number of carbonyl (C=O) groups excluding carboxylic acids is 2. The highest BCUT2D eigenvalue weighted by Gasteiger charge is 2.26. The third-order valence-corrected chi connectivity index (χ3v) is 7.28. The van der Waals surface area contributed by atoms with E-state index in [0.29, 0.717) is 22.2 Å². The molecule has 0 fully saturated rings. The molecule has 10 heteroatoms. The Bertz CT molecular complexity index is 1670. The smallest absolute Gasteiger partial charge is 0.335 e. The number of fused-ring (bicyclic) bond motifs is 1. The molecular weight excluding hydrogens is 541 g/mol. The van der Waals surface area contributed by atoms with E-state index in [2.05, 4.69) is 0 Å². The summed E-state index contributed by atoms with van der Waals surface area (Å²) in [5.74, 6) is -1.71. The second-order valence-electron chi connectivity index (χ2n) is 9.39. The molecule has 4 aromatic rings. The Morgan fingerprint density at radius 1 is 0.974 bits per heavy atom. The summed E-state index contributed by atoms with van der Waals surface area (Å²) >= 11 is 12.4. The number of esters is 1. The number of nitrogens with zero attached hydrogens (tertiary/aromatic N) is 3. The van der Waals surface area contributed by atoms with Gasteiger partial charge < -0.3 is 9.64 Å². The number of halogens is 2. The van der Waals surface area contributed by atoms with Crippen molar-refractivity contribution in [1.29, 1.82) is 0 Å². The van der Waals surface area contributed by atoms with Gasteiger partial charge in [0.2, 0.25) is 0 Å². The predicted octanol–water partition coefficient (Wildman–Crippen LogP) is 4.67. The summed E-state index contributed by atoms with van der Waals surface area (Å²) in [5, 5.41) is 0.830. The van der Waals surface area contributed by atoms with Gasteiger partial charge >= 0.3 is 11.7 Å². The van der Waals surface area contributed by atoms with Crippen molar-refractivity contribution in [3.63, 3.8) is 0 Å². The summed E-state index contributed by atoms with van der Waals surface area (Å²) in [5.41, 5.74) is 1.72. The van der Waals surface area contributed by atoms with E-state index in [1.807, 2.05) is 25.1 Å². The number of anilines is 1. The minimum atomic E-state index is -0.790. The summed E-state index contributed by atoms with van der Waals surface area (Å²) in [7, 11) is 6.62. The van der Waals surface area contributed by atoms with E-state index >= 15 is 0 Å². The SMILES string of the molecule is COC(=O)[C@@H](CC(=O)c1c(Cl)cccc1Cl)Cc1ccc(-n2c(=O)c3cc(N(C)C)ccc3n(C)c2=O)cc1. The number of hydrogen-bond acceptors (Lipinski definition) is 6. The van der Waals surface area contributed by atoms with E-state index < -0.39 is 23.1 Å². The first-order valence-corrected chi connectivity index (χ1v) is 12.9. The number of methoxy groups -OCH3 is 1. The maximum absolute atomic E-state index is 13.4. The Morgan fingerprint density at radius 3 is 2.21 bits per heavy atom. The normalized spacial score (nSPS) is 11.8. The molecule has 0 amide bonds. The molecule has 39 heavy (non-hydrogen) atoms. The Hall–Kier alpha value is -3.88. The van der Waals surface area contributed by atoms with Crippen LogP contribution < -0.4 is 16.1 Å². The highest BCUT2D eigenvalue weighted by molar-refractivity contribution is 6.39. The molecule has 0 unspecified atom stereocenters. The quantitative estimate of drug-likeness (QED) is 0.227. The number of Topliss-reactive ketones (excluding diaryl/α,β-unsaturated/α-hetero) is 1. The van der Waals surface area contributed by atoms with Crippen molar-refractivity contribution in [2.45, 2.75) is 12.8 Å². The van der Waals surface area contributed by atoms with Crippen molar-refractivity contribution in [3.05, 3.63) is 103 Å². The van der Waals surface area contributed by atoms with Crippen LogP contribution in [-0.2, 0) is 23.0 Å². The Kier molecular flexibility index (Phi) is 8.28. The van der Waals surface area contributed by atoms with Gasteiger partial charge in [0, 0.05) is 33.3 Å². The summed E-state index contributed by atoms with van der Waals surface area (Å²) in [6, 6.07) is 16.8. The number of aryl methyl sites for hydroxylation is 1. The molecule has 1 heterocycles. The van der Waals surface area contributed by atoms with Crippen LogP contribution in [0.4, 0.5) is 5.69 Å². The summed E-state index contributed by atoms with van der Waals surface area (Å²) < 4.78 is 7.49. The van der Waals surface area contributed by atoms with Crippen molar-refractivity contribution in [1.82, 2.24) is 9.13 Å². The van der Waals surface area contributed by atoms with E-state index in [-0.39, 0.29) is 34.2 Å².